The van der Waals surface area contributed by atoms with E-state index in [0.717, 1.165) is 23.6 Å². The molecular formula is C23H21NO4. The first kappa shape index (κ1) is 18.2. The van der Waals surface area contributed by atoms with Crippen LogP contribution in [0.1, 0.15) is 69.0 Å². The summed E-state index contributed by atoms with van der Waals surface area (Å²) < 4.78 is 6.89. The van der Waals surface area contributed by atoms with Crippen molar-refractivity contribution < 1.29 is 19.1 Å². The van der Waals surface area contributed by atoms with Crippen molar-refractivity contribution in [3.63, 3.8) is 0 Å². The molecule has 0 aliphatic heterocycles. The molecule has 1 heterocycles. The van der Waals surface area contributed by atoms with Crippen molar-refractivity contribution in [3.05, 3.63) is 70.5 Å². The zero-order valence-electron chi connectivity index (χ0n) is 16.0. The summed E-state index contributed by atoms with van der Waals surface area (Å²) in [5, 5.41) is 1.79. The van der Waals surface area contributed by atoms with Gasteiger partial charge >= 0.3 is 5.97 Å². The summed E-state index contributed by atoms with van der Waals surface area (Å²) in [6.07, 6.45) is 3.40. The molecule has 0 atom stereocenters. The van der Waals surface area contributed by atoms with Crippen LogP contribution in [0.3, 0.4) is 0 Å². The summed E-state index contributed by atoms with van der Waals surface area (Å²) in [6, 6.07) is 11.1. The lowest BCUT2D eigenvalue weighted by atomic mass is 9.84. The van der Waals surface area contributed by atoms with Gasteiger partial charge in [-0.05, 0) is 36.2 Å². The lowest BCUT2D eigenvalue weighted by Gasteiger charge is -2.16. The zero-order valence-corrected chi connectivity index (χ0v) is 16.0. The molecule has 3 aromatic rings. The molecule has 1 aliphatic carbocycles. The number of hydrogen-bond acceptors (Lipinski definition) is 4. The molecule has 4 rings (SSSR count). The number of carbonyl (C=O) groups excluding carboxylic acids is 3. The Bertz CT molecular complexity index is 1120. The number of rotatable bonds is 5. The predicted molar refractivity (Wildman–Crippen MR) is 106 cm³/mol. The highest BCUT2D eigenvalue weighted by atomic mass is 16.5. The second-order valence-corrected chi connectivity index (χ2v) is 6.94. The van der Waals surface area contributed by atoms with Crippen molar-refractivity contribution in [3.8, 4) is 0 Å². The van der Waals surface area contributed by atoms with Gasteiger partial charge < -0.3 is 9.30 Å². The average molecular weight is 375 g/mol. The monoisotopic (exact) mass is 375 g/mol. The van der Waals surface area contributed by atoms with Gasteiger partial charge in [-0.3, -0.25) is 9.59 Å². The van der Waals surface area contributed by atoms with E-state index in [1.54, 1.807) is 29.8 Å². The number of fused-ring (bicyclic) bond motifs is 3. The van der Waals surface area contributed by atoms with Crippen molar-refractivity contribution in [2.75, 3.05) is 6.61 Å². The molecule has 142 valence electrons. The summed E-state index contributed by atoms with van der Waals surface area (Å²) in [5.41, 5.74) is 1.37. The van der Waals surface area contributed by atoms with Gasteiger partial charge in [0.1, 0.15) is 5.69 Å². The van der Waals surface area contributed by atoms with E-state index in [-0.39, 0.29) is 35.0 Å². The van der Waals surface area contributed by atoms with Crippen molar-refractivity contribution in [2.45, 2.75) is 33.2 Å². The van der Waals surface area contributed by atoms with E-state index in [2.05, 4.69) is 0 Å². The standard InChI is InChI=1S/C23H21NO4/c1-3-5-10-24-13-18-19(20(24)23(27)28-4-2)22(26)17-12-15-9-7-6-8-14(15)11-16(17)21(18)25/h6-9,11-13H,3-5,10H2,1-2H3. The Kier molecular flexibility index (Phi) is 4.59. The highest BCUT2D eigenvalue weighted by molar-refractivity contribution is 6.31. The SMILES string of the molecule is CCCCn1cc2c(c1C(=O)OCC)C(=O)c1cc3ccccc3cc1C2=O. The fourth-order valence-electron chi connectivity index (χ4n) is 3.78. The first-order chi connectivity index (χ1) is 13.6. The van der Waals surface area contributed by atoms with Crippen molar-refractivity contribution in [2.24, 2.45) is 0 Å². The Labute approximate surface area is 162 Å². The third-order valence-corrected chi connectivity index (χ3v) is 5.15. The molecule has 0 spiro atoms. The predicted octanol–water partition coefficient (Wildman–Crippen LogP) is 4.39. The Morgan fingerprint density at radius 3 is 2.21 bits per heavy atom. The van der Waals surface area contributed by atoms with E-state index >= 15 is 0 Å². The third-order valence-electron chi connectivity index (χ3n) is 5.15. The fourth-order valence-corrected chi connectivity index (χ4v) is 3.78. The second-order valence-electron chi connectivity index (χ2n) is 6.94. The molecule has 0 fully saturated rings. The number of unbranched alkanes of at least 4 members (excludes halogenated alkanes) is 1. The van der Waals surface area contributed by atoms with E-state index in [1.807, 2.05) is 31.2 Å². The Morgan fingerprint density at radius 2 is 1.61 bits per heavy atom. The maximum atomic E-state index is 13.3. The lowest BCUT2D eigenvalue weighted by Crippen LogP contribution is -2.23. The molecule has 5 nitrogen and oxygen atoms in total. The van der Waals surface area contributed by atoms with E-state index in [0.29, 0.717) is 17.7 Å². The number of ether oxygens (including phenoxy) is 1. The zero-order chi connectivity index (χ0) is 19.8. The van der Waals surface area contributed by atoms with E-state index < -0.39 is 5.97 Å². The summed E-state index contributed by atoms with van der Waals surface area (Å²) in [6.45, 7) is 4.52. The number of benzene rings is 2. The van der Waals surface area contributed by atoms with Crippen LogP contribution in [0, 0.1) is 0 Å². The molecule has 0 radical (unpaired) electrons. The van der Waals surface area contributed by atoms with Gasteiger partial charge in [-0.1, -0.05) is 37.6 Å². The smallest absolute Gasteiger partial charge is 0.355 e. The number of aromatic nitrogens is 1. The van der Waals surface area contributed by atoms with Crippen molar-refractivity contribution >= 4 is 28.3 Å². The van der Waals surface area contributed by atoms with E-state index in [9.17, 15) is 14.4 Å². The molecule has 0 unspecified atom stereocenters. The van der Waals surface area contributed by atoms with Gasteiger partial charge in [0.15, 0.2) is 11.6 Å². The Morgan fingerprint density at radius 1 is 0.964 bits per heavy atom. The molecule has 0 N–H and O–H groups in total. The van der Waals surface area contributed by atoms with E-state index in [1.165, 1.54) is 0 Å². The molecule has 0 bridgehead atoms. The number of esters is 1. The highest BCUT2D eigenvalue weighted by Crippen LogP contribution is 2.34. The van der Waals surface area contributed by atoms with Crippen molar-refractivity contribution in [1.29, 1.82) is 0 Å². The summed E-state index contributed by atoms with van der Waals surface area (Å²) >= 11 is 0. The summed E-state index contributed by atoms with van der Waals surface area (Å²) in [5.74, 6) is -1.09. The maximum Gasteiger partial charge on any atom is 0.355 e. The van der Waals surface area contributed by atoms with Crippen LogP contribution < -0.4 is 0 Å². The quantitative estimate of drug-likeness (QED) is 0.485. The molecule has 28 heavy (non-hydrogen) atoms. The highest BCUT2D eigenvalue weighted by Gasteiger charge is 2.37. The fraction of sp³-hybridized carbons (Fsp3) is 0.261. The first-order valence-corrected chi connectivity index (χ1v) is 9.59. The second kappa shape index (κ2) is 7.08. The van der Waals surface area contributed by atoms with Gasteiger partial charge in [-0.2, -0.15) is 0 Å². The Balaban J connectivity index is 1.93. The number of hydrogen-bond donors (Lipinski definition) is 0. The lowest BCUT2D eigenvalue weighted by molar-refractivity contribution is 0.0510. The molecule has 1 aliphatic rings. The molecule has 5 heteroatoms. The van der Waals surface area contributed by atoms with Crippen LogP contribution in [0.4, 0.5) is 0 Å². The van der Waals surface area contributed by atoms with Gasteiger partial charge in [0.05, 0.1) is 17.7 Å². The van der Waals surface area contributed by atoms with Crippen LogP contribution >= 0.6 is 0 Å². The van der Waals surface area contributed by atoms with Crippen LogP contribution in [0.2, 0.25) is 0 Å². The molecular weight excluding hydrogens is 354 g/mol. The minimum Gasteiger partial charge on any atom is -0.461 e. The number of carbonyl (C=O) groups is 3. The van der Waals surface area contributed by atoms with E-state index in [4.69, 9.17) is 4.74 Å². The van der Waals surface area contributed by atoms with Crippen molar-refractivity contribution in [1.82, 2.24) is 4.57 Å². The number of aryl methyl sites for hydroxylation is 1. The molecule has 0 saturated heterocycles. The van der Waals surface area contributed by atoms with Crippen LogP contribution in [0.15, 0.2) is 42.6 Å². The van der Waals surface area contributed by atoms with Crippen LogP contribution in [0.5, 0.6) is 0 Å². The van der Waals surface area contributed by atoms with Gasteiger partial charge in [0.25, 0.3) is 0 Å². The molecule has 0 saturated carbocycles. The largest absolute Gasteiger partial charge is 0.461 e. The van der Waals surface area contributed by atoms with Gasteiger partial charge in [0, 0.05) is 23.9 Å². The maximum absolute atomic E-state index is 13.3. The molecule has 0 amide bonds. The minimum absolute atomic E-state index is 0.169. The molecule has 1 aromatic heterocycles. The van der Waals surface area contributed by atoms with Gasteiger partial charge in [0.2, 0.25) is 0 Å². The third kappa shape index (κ3) is 2.74. The van der Waals surface area contributed by atoms with Gasteiger partial charge in [-0.25, -0.2) is 4.79 Å². The van der Waals surface area contributed by atoms with Gasteiger partial charge in [-0.15, -0.1) is 0 Å². The summed E-state index contributed by atoms with van der Waals surface area (Å²) in [4.78, 5) is 39.2. The topological polar surface area (TPSA) is 65.4 Å². The average Bonchev–Trinajstić information content (AvgIpc) is 3.09. The summed E-state index contributed by atoms with van der Waals surface area (Å²) in [7, 11) is 0. The minimum atomic E-state index is -0.565. The molecule has 2 aromatic carbocycles. The number of nitrogens with zero attached hydrogens (tertiary/aromatic N) is 1. The van der Waals surface area contributed by atoms with Crippen LogP contribution in [-0.4, -0.2) is 28.7 Å². The normalized spacial score (nSPS) is 12.8. The van der Waals surface area contributed by atoms with Crippen LogP contribution in [0.25, 0.3) is 10.8 Å². The first-order valence-electron chi connectivity index (χ1n) is 9.59. The Hall–Kier alpha value is -3.21. The number of ketones is 2. The van der Waals surface area contributed by atoms with Crippen LogP contribution in [-0.2, 0) is 11.3 Å².